The van der Waals surface area contributed by atoms with E-state index >= 15 is 0 Å². The van der Waals surface area contributed by atoms with Crippen LogP contribution in [0.2, 0.25) is 0 Å². The molecule has 0 aliphatic heterocycles. The summed E-state index contributed by atoms with van der Waals surface area (Å²) in [6, 6.07) is 3.69. The largest absolute Gasteiger partial charge is 0.369 e. The maximum Gasteiger partial charge on any atom is 0.320 e. The molecule has 1 fully saturated rings. The van der Waals surface area contributed by atoms with Crippen LogP contribution in [-0.4, -0.2) is 54.4 Å². The summed E-state index contributed by atoms with van der Waals surface area (Å²) in [5.41, 5.74) is 0. The Bertz CT molecular complexity index is 470. The number of urea groups is 1. The molecule has 0 atom stereocenters. The van der Waals surface area contributed by atoms with Crippen molar-refractivity contribution in [2.75, 3.05) is 37.8 Å². The van der Waals surface area contributed by atoms with Gasteiger partial charge in [0.05, 0.1) is 0 Å². The van der Waals surface area contributed by atoms with Gasteiger partial charge in [-0.2, -0.15) is 0 Å². The van der Waals surface area contributed by atoms with Gasteiger partial charge in [0.2, 0.25) is 0 Å². The quantitative estimate of drug-likeness (QED) is 0.672. The Morgan fingerprint density at radius 2 is 1.87 bits per heavy atom. The monoisotopic (exact) mass is 320 g/mol. The fourth-order valence-corrected chi connectivity index (χ4v) is 2.69. The van der Waals surface area contributed by atoms with Crippen LogP contribution in [0.4, 0.5) is 16.4 Å². The van der Waals surface area contributed by atoms with Gasteiger partial charge in [-0.15, -0.1) is 10.2 Å². The van der Waals surface area contributed by atoms with E-state index < -0.39 is 0 Å². The van der Waals surface area contributed by atoms with Crippen LogP contribution in [0.5, 0.6) is 0 Å². The first-order valence-corrected chi connectivity index (χ1v) is 8.43. The highest BCUT2D eigenvalue weighted by atomic mass is 16.2. The summed E-state index contributed by atoms with van der Waals surface area (Å²) in [4.78, 5) is 14.1. The third-order valence-electron chi connectivity index (χ3n) is 3.93. The Balaban J connectivity index is 1.70. The van der Waals surface area contributed by atoms with Crippen molar-refractivity contribution in [3.8, 4) is 0 Å². The third-order valence-corrected chi connectivity index (χ3v) is 3.93. The normalized spacial score (nSPS) is 15.4. The SMILES string of the molecule is CN(C)CCCNc1ccc(NC(=O)NC2CCCCC2)nn1. The molecule has 7 heteroatoms. The second-order valence-corrected chi connectivity index (χ2v) is 6.32. The molecule has 0 saturated heterocycles. The summed E-state index contributed by atoms with van der Waals surface area (Å²) in [5.74, 6) is 1.19. The first-order valence-electron chi connectivity index (χ1n) is 8.43. The maximum atomic E-state index is 11.9. The van der Waals surface area contributed by atoms with E-state index in [0.717, 1.165) is 38.2 Å². The number of amides is 2. The van der Waals surface area contributed by atoms with E-state index in [9.17, 15) is 4.79 Å². The molecule has 128 valence electrons. The molecule has 0 radical (unpaired) electrons. The van der Waals surface area contributed by atoms with Gasteiger partial charge < -0.3 is 15.5 Å². The number of hydrogen-bond donors (Lipinski definition) is 3. The predicted octanol–water partition coefficient (Wildman–Crippen LogP) is 2.29. The van der Waals surface area contributed by atoms with E-state index in [4.69, 9.17) is 0 Å². The summed E-state index contributed by atoms with van der Waals surface area (Å²) in [6.45, 7) is 1.88. The van der Waals surface area contributed by atoms with Crippen LogP contribution in [0.15, 0.2) is 12.1 Å². The van der Waals surface area contributed by atoms with Crippen LogP contribution in [0, 0.1) is 0 Å². The second kappa shape index (κ2) is 9.29. The lowest BCUT2D eigenvalue weighted by Crippen LogP contribution is -2.39. The average Bonchev–Trinajstić information content (AvgIpc) is 2.54. The molecule has 1 aliphatic carbocycles. The molecule has 7 nitrogen and oxygen atoms in total. The number of anilines is 2. The first kappa shape index (κ1) is 17.5. The number of carbonyl (C=O) groups is 1. The molecule has 0 unspecified atom stereocenters. The first-order chi connectivity index (χ1) is 11.1. The summed E-state index contributed by atoms with van der Waals surface area (Å²) in [5, 5.41) is 17.1. The van der Waals surface area contributed by atoms with Gasteiger partial charge >= 0.3 is 6.03 Å². The van der Waals surface area contributed by atoms with E-state index in [-0.39, 0.29) is 12.1 Å². The molecule has 1 saturated carbocycles. The molecule has 1 aliphatic rings. The number of nitrogens with one attached hydrogen (secondary N) is 3. The zero-order valence-corrected chi connectivity index (χ0v) is 14.1. The van der Waals surface area contributed by atoms with Crippen molar-refractivity contribution in [1.29, 1.82) is 0 Å². The minimum atomic E-state index is -0.196. The molecule has 0 bridgehead atoms. The second-order valence-electron chi connectivity index (χ2n) is 6.32. The van der Waals surface area contributed by atoms with E-state index in [1.54, 1.807) is 6.07 Å². The van der Waals surface area contributed by atoms with Gasteiger partial charge in [0.25, 0.3) is 0 Å². The molecule has 0 spiro atoms. The zero-order valence-electron chi connectivity index (χ0n) is 14.1. The Labute approximate surface area is 138 Å². The van der Waals surface area contributed by atoms with Crippen LogP contribution in [0.1, 0.15) is 38.5 Å². The summed E-state index contributed by atoms with van der Waals surface area (Å²) < 4.78 is 0. The number of hydrogen-bond acceptors (Lipinski definition) is 5. The van der Waals surface area contributed by atoms with Crippen molar-refractivity contribution in [2.24, 2.45) is 0 Å². The fraction of sp³-hybridized carbons (Fsp3) is 0.688. The molecule has 1 aromatic rings. The lowest BCUT2D eigenvalue weighted by molar-refractivity contribution is 0.244. The van der Waals surface area contributed by atoms with Crippen LogP contribution < -0.4 is 16.0 Å². The highest BCUT2D eigenvalue weighted by Gasteiger charge is 2.15. The highest BCUT2D eigenvalue weighted by molar-refractivity contribution is 5.88. The third kappa shape index (κ3) is 6.81. The molecule has 1 aromatic heterocycles. The number of carbonyl (C=O) groups excluding carboxylic acids is 1. The minimum absolute atomic E-state index is 0.196. The number of rotatable bonds is 7. The van der Waals surface area contributed by atoms with Crippen molar-refractivity contribution in [1.82, 2.24) is 20.4 Å². The summed E-state index contributed by atoms with van der Waals surface area (Å²) in [7, 11) is 4.11. The lowest BCUT2D eigenvalue weighted by Gasteiger charge is -2.22. The van der Waals surface area contributed by atoms with Gasteiger partial charge in [-0.3, -0.25) is 5.32 Å². The highest BCUT2D eigenvalue weighted by Crippen LogP contribution is 2.17. The number of nitrogens with zero attached hydrogens (tertiary/aromatic N) is 3. The van der Waals surface area contributed by atoms with Crippen LogP contribution in [-0.2, 0) is 0 Å². The summed E-state index contributed by atoms with van der Waals surface area (Å²) >= 11 is 0. The standard InChI is InChI=1S/C16H28N6O/c1-22(2)12-6-11-17-14-9-10-15(21-20-14)19-16(23)18-13-7-4-3-5-8-13/h9-10,13H,3-8,11-12H2,1-2H3,(H,17,20)(H2,18,19,21,23). The lowest BCUT2D eigenvalue weighted by atomic mass is 9.96. The summed E-state index contributed by atoms with van der Waals surface area (Å²) in [6.07, 6.45) is 6.83. The minimum Gasteiger partial charge on any atom is -0.369 e. The van der Waals surface area contributed by atoms with Gasteiger partial charge in [-0.1, -0.05) is 19.3 Å². The molecule has 23 heavy (non-hydrogen) atoms. The Hall–Kier alpha value is -1.89. The topological polar surface area (TPSA) is 82.2 Å². The smallest absolute Gasteiger partial charge is 0.320 e. The van der Waals surface area contributed by atoms with Crippen LogP contribution >= 0.6 is 0 Å². The van der Waals surface area contributed by atoms with E-state index in [2.05, 4.69) is 45.1 Å². The number of aromatic nitrogens is 2. The predicted molar refractivity (Wildman–Crippen MR) is 92.7 cm³/mol. The molecule has 2 rings (SSSR count). The van der Waals surface area contributed by atoms with Crippen molar-refractivity contribution >= 4 is 17.7 Å². The van der Waals surface area contributed by atoms with E-state index in [0.29, 0.717) is 5.82 Å². The van der Waals surface area contributed by atoms with Gasteiger partial charge in [0.1, 0.15) is 5.82 Å². The Morgan fingerprint density at radius 3 is 2.52 bits per heavy atom. The van der Waals surface area contributed by atoms with Crippen molar-refractivity contribution in [2.45, 2.75) is 44.6 Å². The van der Waals surface area contributed by atoms with Crippen molar-refractivity contribution in [3.63, 3.8) is 0 Å². The van der Waals surface area contributed by atoms with Crippen molar-refractivity contribution in [3.05, 3.63) is 12.1 Å². The Morgan fingerprint density at radius 1 is 1.17 bits per heavy atom. The molecule has 0 aromatic carbocycles. The molecule has 1 heterocycles. The van der Waals surface area contributed by atoms with Crippen molar-refractivity contribution < 1.29 is 4.79 Å². The average molecular weight is 320 g/mol. The van der Waals surface area contributed by atoms with Crippen LogP contribution in [0.3, 0.4) is 0 Å². The van der Waals surface area contributed by atoms with Crippen LogP contribution in [0.25, 0.3) is 0 Å². The molecular formula is C16H28N6O. The fourth-order valence-electron chi connectivity index (χ4n) is 2.69. The van der Waals surface area contributed by atoms with Gasteiger partial charge in [-0.05, 0) is 52.0 Å². The molecule has 2 amide bonds. The van der Waals surface area contributed by atoms with E-state index in [1.165, 1.54) is 19.3 Å². The Kier molecular flexibility index (Phi) is 7.06. The van der Waals surface area contributed by atoms with E-state index in [1.807, 2.05) is 6.07 Å². The molecule has 3 N–H and O–H groups in total. The van der Waals surface area contributed by atoms with Gasteiger partial charge in [0, 0.05) is 12.6 Å². The van der Waals surface area contributed by atoms with Gasteiger partial charge in [0.15, 0.2) is 5.82 Å². The maximum absolute atomic E-state index is 11.9. The van der Waals surface area contributed by atoms with Gasteiger partial charge in [-0.25, -0.2) is 4.79 Å². The zero-order chi connectivity index (χ0) is 16.5. The molecular weight excluding hydrogens is 292 g/mol.